The minimum absolute atomic E-state index is 0.120. The number of benzene rings is 1. The van der Waals surface area contributed by atoms with E-state index >= 15 is 0 Å². The van der Waals surface area contributed by atoms with Crippen molar-refractivity contribution in [3.8, 4) is 11.3 Å². The van der Waals surface area contributed by atoms with E-state index in [0.717, 1.165) is 18.4 Å². The van der Waals surface area contributed by atoms with E-state index in [2.05, 4.69) is 26.1 Å². The number of carbonyl (C=O) groups is 2. The monoisotopic (exact) mass is 391 g/mol. The van der Waals surface area contributed by atoms with Gasteiger partial charge in [0.1, 0.15) is 11.4 Å². The van der Waals surface area contributed by atoms with E-state index in [1.807, 2.05) is 30.3 Å². The largest absolute Gasteiger partial charge is 0.481 e. The molecule has 1 amide bonds. The molecule has 0 spiro atoms. The quantitative estimate of drug-likeness (QED) is 0.791. The second-order valence-corrected chi connectivity index (χ2v) is 6.85. The van der Waals surface area contributed by atoms with Crippen LogP contribution < -0.4 is 0 Å². The number of aromatic nitrogens is 2. The molecule has 0 aliphatic heterocycles. The van der Waals surface area contributed by atoms with Crippen LogP contribution in [-0.2, 0) is 4.79 Å². The van der Waals surface area contributed by atoms with Crippen molar-refractivity contribution in [2.45, 2.75) is 25.8 Å². The van der Waals surface area contributed by atoms with Crippen LogP contribution >= 0.6 is 15.9 Å². The van der Waals surface area contributed by atoms with Crippen molar-refractivity contribution in [1.29, 1.82) is 0 Å². The molecule has 1 aromatic heterocycles. The summed E-state index contributed by atoms with van der Waals surface area (Å²) in [5, 5.41) is 16.2. The number of halogens is 1. The lowest BCUT2D eigenvalue weighted by Crippen LogP contribution is -2.38. The minimum Gasteiger partial charge on any atom is -0.481 e. The fraction of sp³-hybridized carbons (Fsp3) is 0.353. The minimum atomic E-state index is -0.901. The topological polar surface area (TPSA) is 86.3 Å². The second kappa shape index (κ2) is 6.76. The average Bonchev–Trinajstić information content (AvgIpc) is 3.34. The highest BCUT2D eigenvalue weighted by Crippen LogP contribution is 2.33. The Labute approximate surface area is 148 Å². The first-order valence-electron chi connectivity index (χ1n) is 7.82. The maximum absolute atomic E-state index is 12.9. The Morgan fingerprint density at radius 3 is 2.62 bits per heavy atom. The highest BCUT2D eigenvalue weighted by molar-refractivity contribution is 9.10. The molecule has 1 aromatic carbocycles. The average molecular weight is 392 g/mol. The Kier molecular flexibility index (Phi) is 4.71. The van der Waals surface area contributed by atoms with Crippen LogP contribution in [0.25, 0.3) is 11.3 Å². The molecular weight excluding hydrogens is 374 g/mol. The molecule has 126 valence electrons. The van der Waals surface area contributed by atoms with E-state index in [1.54, 1.807) is 11.8 Å². The van der Waals surface area contributed by atoms with Gasteiger partial charge in [0.05, 0.1) is 10.4 Å². The number of hydrogen-bond donors (Lipinski definition) is 2. The van der Waals surface area contributed by atoms with Gasteiger partial charge in [-0.15, -0.1) is 0 Å². The van der Waals surface area contributed by atoms with Crippen molar-refractivity contribution in [3.05, 3.63) is 40.5 Å². The lowest BCUT2D eigenvalue weighted by molar-refractivity contribution is -0.141. The van der Waals surface area contributed by atoms with Gasteiger partial charge < -0.3 is 10.0 Å². The lowest BCUT2D eigenvalue weighted by Gasteiger charge is -2.23. The molecule has 1 aliphatic rings. The van der Waals surface area contributed by atoms with Crippen molar-refractivity contribution >= 4 is 27.8 Å². The van der Waals surface area contributed by atoms with Gasteiger partial charge >= 0.3 is 5.97 Å². The number of hydrogen-bond acceptors (Lipinski definition) is 3. The Hall–Kier alpha value is -2.15. The van der Waals surface area contributed by atoms with E-state index < -0.39 is 11.9 Å². The Morgan fingerprint density at radius 1 is 1.38 bits per heavy atom. The van der Waals surface area contributed by atoms with Gasteiger partial charge in [-0.3, -0.25) is 14.7 Å². The number of nitrogens with one attached hydrogen (secondary N) is 1. The summed E-state index contributed by atoms with van der Waals surface area (Å²) in [6.07, 6.45) is 1.82. The molecule has 1 aliphatic carbocycles. The van der Waals surface area contributed by atoms with Crippen LogP contribution in [0.2, 0.25) is 0 Å². The predicted molar refractivity (Wildman–Crippen MR) is 92.6 cm³/mol. The molecule has 1 saturated carbocycles. The van der Waals surface area contributed by atoms with Gasteiger partial charge in [-0.05, 0) is 28.8 Å². The first-order valence-corrected chi connectivity index (χ1v) is 8.61. The number of carboxylic acid groups (broad SMARTS) is 1. The molecule has 2 aromatic rings. The van der Waals surface area contributed by atoms with E-state index in [1.165, 1.54) is 0 Å². The number of aliphatic carboxylic acids is 1. The first-order chi connectivity index (χ1) is 11.5. The van der Waals surface area contributed by atoms with Crippen molar-refractivity contribution in [2.24, 2.45) is 5.92 Å². The number of amides is 1. The summed E-state index contributed by atoms with van der Waals surface area (Å²) in [5.74, 6) is -1.72. The Bertz CT molecular complexity index is 756. The molecule has 24 heavy (non-hydrogen) atoms. The third-order valence-electron chi connectivity index (χ3n) is 4.11. The molecule has 6 nitrogen and oxygen atoms in total. The molecule has 0 radical (unpaired) electrons. The normalized spacial score (nSPS) is 15.1. The maximum atomic E-state index is 12.9. The van der Waals surface area contributed by atoms with Crippen molar-refractivity contribution < 1.29 is 14.7 Å². The number of H-pyrrole nitrogens is 1. The van der Waals surface area contributed by atoms with Crippen LogP contribution in [-0.4, -0.2) is 44.7 Å². The fourth-order valence-electron chi connectivity index (χ4n) is 2.56. The van der Waals surface area contributed by atoms with Gasteiger partial charge in [0.2, 0.25) is 0 Å². The number of carboxylic acids is 1. The van der Waals surface area contributed by atoms with Gasteiger partial charge in [-0.2, -0.15) is 5.10 Å². The van der Waals surface area contributed by atoms with Crippen LogP contribution in [0.1, 0.15) is 30.3 Å². The van der Waals surface area contributed by atoms with E-state index in [-0.39, 0.29) is 18.5 Å². The zero-order valence-corrected chi connectivity index (χ0v) is 14.8. The SMILES string of the molecule is CC(CN(C(=O)c1[nH]nc(-c2ccccc2)c1Br)C1CC1)C(=O)O. The van der Waals surface area contributed by atoms with Crippen LogP contribution in [0.15, 0.2) is 34.8 Å². The molecule has 1 heterocycles. The van der Waals surface area contributed by atoms with Crippen molar-refractivity contribution in [2.75, 3.05) is 6.54 Å². The highest BCUT2D eigenvalue weighted by atomic mass is 79.9. The molecule has 3 rings (SSSR count). The molecule has 1 unspecified atom stereocenters. The van der Waals surface area contributed by atoms with Crippen LogP contribution in [0.3, 0.4) is 0 Å². The van der Waals surface area contributed by atoms with Gasteiger partial charge in [0.25, 0.3) is 5.91 Å². The number of carbonyl (C=O) groups excluding carboxylic acids is 1. The standard InChI is InChI=1S/C17H18BrN3O3/c1-10(17(23)24)9-21(12-7-8-12)16(22)15-13(18)14(19-20-15)11-5-3-2-4-6-11/h2-6,10,12H,7-9H2,1H3,(H,19,20)(H,23,24). The maximum Gasteiger partial charge on any atom is 0.308 e. The number of aromatic amines is 1. The zero-order valence-electron chi connectivity index (χ0n) is 13.2. The molecule has 0 bridgehead atoms. The van der Waals surface area contributed by atoms with Gasteiger partial charge in [0, 0.05) is 18.2 Å². The third-order valence-corrected chi connectivity index (χ3v) is 4.88. The summed E-state index contributed by atoms with van der Waals surface area (Å²) in [4.78, 5) is 25.7. The summed E-state index contributed by atoms with van der Waals surface area (Å²) >= 11 is 3.46. The summed E-state index contributed by atoms with van der Waals surface area (Å²) in [6.45, 7) is 1.81. The summed E-state index contributed by atoms with van der Waals surface area (Å²) in [7, 11) is 0. The van der Waals surface area contributed by atoms with Crippen LogP contribution in [0, 0.1) is 5.92 Å². The van der Waals surface area contributed by atoms with E-state index in [0.29, 0.717) is 15.9 Å². The van der Waals surface area contributed by atoms with Gasteiger partial charge in [0.15, 0.2) is 0 Å². The molecule has 2 N–H and O–H groups in total. The molecule has 7 heteroatoms. The third kappa shape index (κ3) is 3.36. The molecule has 0 saturated heterocycles. The van der Waals surface area contributed by atoms with Gasteiger partial charge in [-0.1, -0.05) is 37.3 Å². The smallest absolute Gasteiger partial charge is 0.308 e. The first kappa shape index (κ1) is 16.7. The van der Waals surface area contributed by atoms with Crippen molar-refractivity contribution in [1.82, 2.24) is 15.1 Å². The second-order valence-electron chi connectivity index (χ2n) is 6.06. The van der Waals surface area contributed by atoms with Gasteiger partial charge in [-0.25, -0.2) is 0 Å². The number of rotatable bonds is 6. The summed E-state index contributed by atoms with van der Waals surface area (Å²) in [6, 6.07) is 9.68. The fourth-order valence-corrected chi connectivity index (χ4v) is 3.13. The summed E-state index contributed by atoms with van der Waals surface area (Å²) < 4.78 is 0.604. The van der Waals surface area contributed by atoms with Crippen LogP contribution in [0.4, 0.5) is 0 Å². The number of nitrogens with zero attached hydrogens (tertiary/aromatic N) is 2. The Balaban J connectivity index is 1.86. The Morgan fingerprint density at radius 2 is 2.04 bits per heavy atom. The predicted octanol–water partition coefficient (Wildman–Crippen LogP) is 3.16. The van der Waals surface area contributed by atoms with E-state index in [4.69, 9.17) is 5.11 Å². The molecule has 1 fully saturated rings. The molecular formula is C17H18BrN3O3. The van der Waals surface area contributed by atoms with E-state index in [9.17, 15) is 9.59 Å². The highest BCUT2D eigenvalue weighted by Gasteiger charge is 2.36. The lowest BCUT2D eigenvalue weighted by atomic mass is 10.1. The zero-order chi connectivity index (χ0) is 17.3. The van der Waals surface area contributed by atoms with Crippen LogP contribution in [0.5, 0.6) is 0 Å². The molecule has 1 atom stereocenters. The van der Waals surface area contributed by atoms with Crippen molar-refractivity contribution in [3.63, 3.8) is 0 Å². The summed E-state index contributed by atoms with van der Waals surface area (Å²) in [5.41, 5.74) is 1.93.